The molecule has 0 N–H and O–H groups in total. The van der Waals surface area contributed by atoms with Crippen molar-refractivity contribution in [2.75, 3.05) is 9.80 Å². The van der Waals surface area contributed by atoms with Gasteiger partial charge in [-0.15, -0.1) is 0 Å². The average molecular weight is 530 g/mol. The largest absolute Gasteiger partial charge is 0.416 e. The number of carbonyl (C=O) groups is 3. The van der Waals surface area contributed by atoms with Gasteiger partial charge in [0.1, 0.15) is 5.57 Å². The Morgan fingerprint density at radius 1 is 0.667 bits per heavy atom. The molecule has 0 bridgehead atoms. The molecule has 0 saturated carbocycles. The van der Waals surface area contributed by atoms with E-state index < -0.39 is 29.6 Å². The Kier molecular flexibility index (Phi) is 6.43. The van der Waals surface area contributed by atoms with Gasteiger partial charge < -0.3 is 4.57 Å². The second-order valence-electron chi connectivity index (χ2n) is 9.00. The van der Waals surface area contributed by atoms with Gasteiger partial charge in [-0.25, -0.2) is 14.6 Å². The fourth-order valence-corrected chi connectivity index (χ4v) is 4.65. The number of aryl methyl sites for hydroxylation is 1. The lowest BCUT2D eigenvalue weighted by molar-refractivity contribution is -0.137. The normalized spacial score (nSPS) is 14.3. The average Bonchev–Trinajstić information content (AvgIpc) is 3.19. The molecule has 1 saturated heterocycles. The Hall–Kier alpha value is -4.92. The van der Waals surface area contributed by atoms with Crippen LogP contribution in [0.25, 0.3) is 11.8 Å². The highest BCUT2D eigenvalue weighted by molar-refractivity contribution is 6.46. The molecule has 0 aliphatic carbocycles. The van der Waals surface area contributed by atoms with Gasteiger partial charge in [-0.1, -0.05) is 42.5 Å². The Balaban J connectivity index is 1.64. The van der Waals surface area contributed by atoms with Crippen LogP contribution in [0.15, 0.2) is 96.6 Å². The third kappa shape index (κ3) is 4.63. The lowest BCUT2D eigenvalue weighted by atomic mass is 10.0. The molecule has 0 radical (unpaired) electrons. The molecule has 0 spiro atoms. The minimum atomic E-state index is -4.51. The molecule has 196 valence electrons. The molecule has 0 atom stereocenters. The number of imide groups is 2. The summed E-state index contributed by atoms with van der Waals surface area (Å²) in [5, 5.41) is 0. The maximum atomic E-state index is 13.6. The molecule has 5 rings (SSSR count). The van der Waals surface area contributed by atoms with E-state index in [1.807, 2.05) is 0 Å². The summed E-state index contributed by atoms with van der Waals surface area (Å²) >= 11 is 0. The molecule has 4 aromatic rings. The second-order valence-corrected chi connectivity index (χ2v) is 9.00. The van der Waals surface area contributed by atoms with Gasteiger partial charge in [0, 0.05) is 17.1 Å². The number of benzene rings is 3. The SMILES string of the molecule is Cc1cc(C=C2C(=O)N(c3ccccc3)C(=O)N(c3ccccc3)C2=O)c(C)n1-c1cccc(C(F)(F)F)c1. The highest BCUT2D eigenvalue weighted by Crippen LogP contribution is 2.33. The quantitative estimate of drug-likeness (QED) is 0.218. The van der Waals surface area contributed by atoms with Crippen LogP contribution in [0.4, 0.5) is 29.3 Å². The minimum absolute atomic E-state index is 0.258. The van der Waals surface area contributed by atoms with E-state index in [1.54, 1.807) is 91.2 Å². The summed E-state index contributed by atoms with van der Waals surface area (Å²) in [4.78, 5) is 42.6. The summed E-state index contributed by atoms with van der Waals surface area (Å²) in [6.07, 6.45) is -3.12. The van der Waals surface area contributed by atoms with Gasteiger partial charge in [0.05, 0.1) is 16.9 Å². The number of halogens is 3. The van der Waals surface area contributed by atoms with Crippen molar-refractivity contribution in [3.8, 4) is 5.69 Å². The molecule has 1 aromatic heterocycles. The van der Waals surface area contributed by atoms with Crippen LogP contribution >= 0.6 is 0 Å². The number of hydrogen-bond donors (Lipinski definition) is 0. The summed E-state index contributed by atoms with van der Waals surface area (Å²) < 4.78 is 41.6. The van der Waals surface area contributed by atoms with Crippen molar-refractivity contribution in [2.24, 2.45) is 0 Å². The second kappa shape index (κ2) is 9.75. The molecule has 6 nitrogen and oxygen atoms in total. The number of barbiturate groups is 1. The zero-order valence-corrected chi connectivity index (χ0v) is 20.9. The monoisotopic (exact) mass is 529 g/mol. The van der Waals surface area contributed by atoms with Crippen LogP contribution < -0.4 is 9.80 Å². The maximum Gasteiger partial charge on any atom is 0.416 e. The predicted octanol–water partition coefficient (Wildman–Crippen LogP) is 6.70. The summed E-state index contributed by atoms with van der Waals surface area (Å²) in [5.41, 5.74) is 1.41. The standard InChI is InChI=1S/C30H22F3N3O3/c1-19-16-21(20(2)34(19)25-15-9-10-22(18-25)30(31,32)33)17-26-27(37)35(23-11-5-3-6-12-23)29(39)36(28(26)38)24-13-7-4-8-14-24/h3-18H,1-2H3. The number of aromatic nitrogens is 1. The summed E-state index contributed by atoms with van der Waals surface area (Å²) in [6.45, 7) is 3.41. The highest BCUT2D eigenvalue weighted by atomic mass is 19.4. The topological polar surface area (TPSA) is 62.6 Å². The zero-order valence-electron chi connectivity index (χ0n) is 20.9. The Labute approximate surface area is 222 Å². The molecule has 39 heavy (non-hydrogen) atoms. The van der Waals surface area contributed by atoms with Crippen LogP contribution in [0.5, 0.6) is 0 Å². The van der Waals surface area contributed by atoms with Crippen LogP contribution in [-0.4, -0.2) is 22.4 Å². The molecule has 9 heteroatoms. The first-order valence-corrected chi connectivity index (χ1v) is 12.0. The maximum absolute atomic E-state index is 13.6. The molecular weight excluding hydrogens is 507 g/mol. The number of rotatable bonds is 4. The number of carbonyl (C=O) groups excluding carboxylic acids is 3. The molecule has 3 aromatic carbocycles. The number of anilines is 2. The van der Waals surface area contributed by atoms with Crippen LogP contribution in [0.3, 0.4) is 0 Å². The third-order valence-corrected chi connectivity index (χ3v) is 6.48. The van der Waals surface area contributed by atoms with Crippen molar-refractivity contribution >= 4 is 35.3 Å². The van der Waals surface area contributed by atoms with E-state index in [9.17, 15) is 27.6 Å². The lowest BCUT2D eigenvalue weighted by Gasteiger charge is -2.33. The van der Waals surface area contributed by atoms with Crippen molar-refractivity contribution in [1.29, 1.82) is 0 Å². The first-order chi connectivity index (χ1) is 18.6. The predicted molar refractivity (Wildman–Crippen MR) is 141 cm³/mol. The van der Waals surface area contributed by atoms with E-state index in [4.69, 9.17) is 0 Å². The Morgan fingerprint density at radius 3 is 1.69 bits per heavy atom. The molecule has 4 amide bonds. The number of hydrogen-bond acceptors (Lipinski definition) is 3. The molecule has 0 unspecified atom stereocenters. The smallest absolute Gasteiger partial charge is 0.318 e. The van der Waals surface area contributed by atoms with Crippen molar-refractivity contribution in [3.63, 3.8) is 0 Å². The van der Waals surface area contributed by atoms with E-state index in [2.05, 4.69) is 0 Å². The molecule has 1 fully saturated rings. The lowest BCUT2D eigenvalue weighted by Crippen LogP contribution is -2.57. The van der Waals surface area contributed by atoms with E-state index in [-0.39, 0.29) is 11.3 Å². The van der Waals surface area contributed by atoms with Gasteiger partial charge in [-0.3, -0.25) is 9.59 Å². The Bertz CT molecular complexity index is 1560. The minimum Gasteiger partial charge on any atom is -0.318 e. The first-order valence-electron chi connectivity index (χ1n) is 12.0. The molecular formula is C30H22F3N3O3. The number of amides is 4. The fraction of sp³-hybridized carbons (Fsp3) is 0.100. The number of urea groups is 1. The molecule has 2 heterocycles. The zero-order chi connectivity index (χ0) is 27.9. The van der Waals surface area contributed by atoms with Crippen LogP contribution in [0.2, 0.25) is 0 Å². The fourth-order valence-electron chi connectivity index (χ4n) is 4.65. The van der Waals surface area contributed by atoms with Crippen molar-refractivity contribution in [1.82, 2.24) is 4.57 Å². The van der Waals surface area contributed by atoms with Crippen LogP contribution in [0.1, 0.15) is 22.5 Å². The summed E-state index contributed by atoms with van der Waals surface area (Å²) in [7, 11) is 0. The number of alkyl halides is 3. The third-order valence-electron chi connectivity index (χ3n) is 6.48. The van der Waals surface area contributed by atoms with Gasteiger partial charge in [0.25, 0.3) is 11.8 Å². The van der Waals surface area contributed by atoms with Crippen molar-refractivity contribution in [2.45, 2.75) is 20.0 Å². The van der Waals surface area contributed by atoms with E-state index in [0.29, 0.717) is 28.3 Å². The molecule has 1 aliphatic rings. The van der Waals surface area contributed by atoms with Crippen LogP contribution in [-0.2, 0) is 15.8 Å². The Morgan fingerprint density at radius 2 is 1.18 bits per heavy atom. The summed E-state index contributed by atoms with van der Waals surface area (Å²) in [6, 6.07) is 22.3. The van der Waals surface area contributed by atoms with Gasteiger partial charge in [0.2, 0.25) is 0 Å². The highest BCUT2D eigenvalue weighted by Gasteiger charge is 2.43. The van der Waals surface area contributed by atoms with Crippen LogP contribution in [0, 0.1) is 13.8 Å². The van der Waals surface area contributed by atoms with Gasteiger partial charge >= 0.3 is 12.2 Å². The van der Waals surface area contributed by atoms with E-state index in [0.717, 1.165) is 21.9 Å². The first kappa shape index (κ1) is 25.7. The molecule has 1 aliphatic heterocycles. The van der Waals surface area contributed by atoms with Gasteiger partial charge in [0.15, 0.2) is 0 Å². The summed E-state index contributed by atoms with van der Waals surface area (Å²) in [5.74, 6) is -1.60. The van der Waals surface area contributed by atoms with Gasteiger partial charge in [-0.05, 0) is 74.0 Å². The van der Waals surface area contributed by atoms with Gasteiger partial charge in [-0.2, -0.15) is 13.2 Å². The number of nitrogens with zero attached hydrogens (tertiary/aromatic N) is 3. The number of para-hydroxylation sites is 2. The van der Waals surface area contributed by atoms with Crippen molar-refractivity contribution < 1.29 is 27.6 Å². The van der Waals surface area contributed by atoms with E-state index in [1.165, 1.54) is 12.1 Å². The van der Waals surface area contributed by atoms with Crippen molar-refractivity contribution in [3.05, 3.63) is 119 Å². The van der Waals surface area contributed by atoms with E-state index >= 15 is 0 Å².